The van der Waals surface area contributed by atoms with Gasteiger partial charge in [-0.1, -0.05) is 0 Å². The third-order valence-corrected chi connectivity index (χ3v) is 2.83. The highest BCUT2D eigenvalue weighted by Gasteiger charge is 2.04. The van der Waals surface area contributed by atoms with E-state index in [1.165, 1.54) is 11.3 Å². The maximum absolute atomic E-state index is 11.5. The predicted molar refractivity (Wildman–Crippen MR) is 66.9 cm³/mol. The summed E-state index contributed by atoms with van der Waals surface area (Å²) in [4.78, 5) is 26.9. The highest BCUT2D eigenvalue weighted by Crippen LogP contribution is 2.16. The molecule has 0 aliphatic carbocycles. The molecule has 0 unspecified atom stereocenters. The van der Waals surface area contributed by atoms with Crippen LogP contribution in [-0.4, -0.2) is 23.5 Å². The number of aromatic nitrogens is 1. The van der Waals surface area contributed by atoms with Gasteiger partial charge in [-0.3, -0.25) is 4.79 Å². The summed E-state index contributed by atoms with van der Waals surface area (Å²) in [6.45, 7) is 2.43. The predicted octanol–water partition coefficient (Wildman–Crippen LogP) is 1.23. The number of unbranched alkanes of at least 4 members (excludes halogenated alkanes) is 1. The quantitative estimate of drug-likeness (QED) is 0.668. The van der Waals surface area contributed by atoms with Crippen LogP contribution in [0.3, 0.4) is 0 Å². The number of nitrogens with zero attached hydrogens (tertiary/aromatic N) is 1. The molecule has 94 valence electrons. The molecule has 7 heteroatoms. The van der Waals surface area contributed by atoms with Gasteiger partial charge in [-0.2, -0.15) is 0 Å². The van der Waals surface area contributed by atoms with E-state index < -0.39 is 6.03 Å². The molecule has 0 radical (unpaired) electrons. The van der Waals surface area contributed by atoms with Gasteiger partial charge in [0.15, 0.2) is 5.13 Å². The van der Waals surface area contributed by atoms with Crippen LogP contribution in [0.2, 0.25) is 0 Å². The zero-order valence-electron chi connectivity index (χ0n) is 9.66. The number of hydrogen-bond acceptors (Lipinski definition) is 4. The standard InChI is InChI=1S/C10H16N4O2S/c1-7-6-13-10(17-7)14-8(15)4-2-3-5-12-9(11)16/h6H,2-5H2,1H3,(H3,11,12,16)(H,13,14,15). The van der Waals surface area contributed by atoms with Gasteiger partial charge in [0.25, 0.3) is 0 Å². The van der Waals surface area contributed by atoms with Gasteiger partial charge >= 0.3 is 6.03 Å². The summed E-state index contributed by atoms with van der Waals surface area (Å²) in [7, 11) is 0. The van der Waals surface area contributed by atoms with Crippen molar-refractivity contribution in [3.63, 3.8) is 0 Å². The van der Waals surface area contributed by atoms with Gasteiger partial charge in [-0.05, 0) is 19.8 Å². The second-order valence-corrected chi connectivity index (χ2v) is 4.81. The van der Waals surface area contributed by atoms with Crippen molar-refractivity contribution < 1.29 is 9.59 Å². The number of carbonyl (C=O) groups is 2. The van der Waals surface area contributed by atoms with Crippen LogP contribution in [0.15, 0.2) is 6.20 Å². The molecule has 6 nitrogen and oxygen atoms in total. The first-order valence-corrected chi connectivity index (χ1v) is 6.15. The number of carbonyl (C=O) groups excluding carboxylic acids is 2. The van der Waals surface area contributed by atoms with Crippen LogP contribution in [0.1, 0.15) is 24.1 Å². The van der Waals surface area contributed by atoms with E-state index >= 15 is 0 Å². The highest BCUT2D eigenvalue weighted by atomic mass is 32.1. The molecule has 0 fully saturated rings. The maximum atomic E-state index is 11.5. The minimum absolute atomic E-state index is 0.0570. The third kappa shape index (κ3) is 5.86. The number of primary amides is 1. The first-order valence-electron chi connectivity index (χ1n) is 5.33. The number of hydrogen-bond donors (Lipinski definition) is 3. The fraction of sp³-hybridized carbons (Fsp3) is 0.500. The summed E-state index contributed by atoms with van der Waals surface area (Å²) >= 11 is 1.45. The molecule has 1 aromatic rings. The zero-order chi connectivity index (χ0) is 12.7. The van der Waals surface area contributed by atoms with E-state index in [9.17, 15) is 9.59 Å². The molecular formula is C10H16N4O2S. The summed E-state index contributed by atoms with van der Waals surface area (Å²) in [6, 6.07) is -0.535. The summed E-state index contributed by atoms with van der Waals surface area (Å²) in [5, 5.41) is 5.82. The van der Waals surface area contributed by atoms with Crippen molar-refractivity contribution in [2.75, 3.05) is 11.9 Å². The van der Waals surface area contributed by atoms with E-state index in [0.29, 0.717) is 24.5 Å². The smallest absolute Gasteiger partial charge is 0.312 e. The number of thiazole rings is 1. The molecule has 0 aliphatic heterocycles. The van der Waals surface area contributed by atoms with E-state index in [1.807, 2.05) is 6.92 Å². The van der Waals surface area contributed by atoms with Crippen molar-refractivity contribution in [1.82, 2.24) is 10.3 Å². The summed E-state index contributed by atoms with van der Waals surface area (Å²) in [5.41, 5.74) is 4.90. The summed E-state index contributed by atoms with van der Waals surface area (Å²) in [6.07, 6.45) is 3.57. The van der Waals surface area contributed by atoms with Crippen LogP contribution in [0.5, 0.6) is 0 Å². The number of aryl methyl sites for hydroxylation is 1. The summed E-state index contributed by atoms with van der Waals surface area (Å²) in [5.74, 6) is -0.0570. The van der Waals surface area contributed by atoms with Crippen molar-refractivity contribution >= 4 is 28.4 Å². The van der Waals surface area contributed by atoms with Gasteiger partial charge in [-0.25, -0.2) is 9.78 Å². The van der Waals surface area contributed by atoms with Gasteiger partial charge in [0, 0.05) is 24.0 Å². The van der Waals surface area contributed by atoms with Crippen LogP contribution >= 0.6 is 11.3 Å². The second kappa shape index (κ2) is 6.85. The zero-order valence-corrected chi connectivity index (χ0v) is 10.5. The average molecular weight is 256 g/mol. The molecule has 3 amide bonds. The van der Waals surface area contributed by atoms with Crippen molar-refractivity contribution in [3.05, 3.63) is 11.1 Å². The van der Waals surface area contributed by atoms with Crippen molar-refractivity contribution in [2.24, 2.45) is 5.73 Å². The van der Waals surface area contributed by atoms with Gasteiger partial charge in [0.2, 0.25) is 5.91 Å². The molecule has 0 spiro atoms. The number of nitrogens with one attached hydrogen (secondary N) is 2. The summed E-state index contributed by atoms with van der Waals surface area (Å²) < 4.78 is 0. The minimum atomic E-state index is -0.535. The van der Waals surface area contributed by atoms with Crippen LogP contribution in [0.4, 0.5) is 9.93 Å². The number of rotatable bonds is 6. The van der Waals surface area contributed by atoms with E-state index in [-0.39, 0.29) is 5.91 Å². The van der Waals surface area contributed by atoms with E-state index in [1.54, 1.807) is 6.20 Å². The first-order chi connectivity index (χ1) is 8.08. The topological polar surface area (TPSA) is 97.1 Å². The second-order valence-electron chi connectivity index (χ2n) is 3.57. The molecule has 1 rings (SSSR count). The van der Waals surface area contributed by atoms with Crippen LogP contribution in [-0.2, 0) is 4.79 Å². The molecule has 0 aromatic carbocycles. The fourth-order valence-corrected chi connectivity index (χ4v) is 1.90. The van der Waals surface area contributed by atoms with Gasteiger partial charge < -0.3 is 16.4 Å². The Morgan fingerprint density at radius 2 is 2.24 bits per heavy atom. The minimum Gasteiger partial charge on any atom is -0.352 e. The van der Waals surface area contributed by atoms with Crippen molar-refractivity contribution in [3.8, 4) is 0 Å². The third-order valence-electron chi connectivity index (χ3n) is 2.00. The van der Waals surface area contributed by atoms with Crippen LogP contribution < -0.4 is 16.4 Å². The average Bonchev–Trinajstić information content (AvgIpc) is 2.63. The Morgan fingerprint density at radius 1 is 1.47 bits per heavy atom. The molecule has 4 N–H and O–H groups in total. The van der Waals surface area contributed by atoms with Crippen LogP contribution in [0, 0.1) is 6.92 Å². The first kappa shape index (κ1) is 13.4. The molecule has 1 heterocycles. The van der Waals surface area contributed by atoms with Gasteiger partial charge in [0.1, 0.15) is 0 Å². The van der Waals surface area contributed by atoms with Gasteiger partial charge in [0.05, 0.1) is 0 Å². The van der Waals surface area contributed by atoms with Gasteiger partial charge in [-0.15, -0.1) is 11.3 Å². The Morgan fingerprint density at radius 3 is 2.82 bits per heavy atom. The lowest BCUT2D eigenvalue weighted by atomic mass is 10.2. The molecule has 0 saturated carbocycles. The lowest BCUT2D eigenvalue weighted by Gasteiger charge is -2.02. The van der Waals surface area contributed by atoms with Crippen molar-refractivity contribution in [1.29, 1.82) is 0 Å². The maximum Gasteiger partial charge on any atom is 0.312 e. The Kier molecular flexibility index (Phi) is 5.41. The fourth-order valence-electron chi connectivity index (χ4n) is 1.22. The number of nitrogens with two attached hydrogens (primary N) is 1. The Labute approximate surface area is 104 Å². The molecule has 0 aliphatic rings. The normalized spacial score (nSPS) is 9.94. The lowest BCUT2D eigenvalue weighted by molar-refractivity contribution is -0.116. The Hall–Kier alpha value is -1.63. The van der Waals surface area contributed by atoms with Crippen molar-refractivity contribution in [2.45, 2.75) is 26.2 Å². The Balaban J connectivity index is 2.11. The molecule has 0 atom stereocenters. The molecule has 1 aromatic heterocycles. The molecule has 0 bridgehead atoms. The lowest BCUT2D eigenvalue weighted by Crippen LogP contribution is -2.30. The van der Waals surface area contributed by atoms with E-state index in [2.05, 4.69) is 15.6 Å². The monoisotopic (exact) mass is 256 g/mol. The SMILES string of the molecule is Cc1cnc(NC(=O)CCCCNC(N)=O)s1. The number of amides is 3. The molecule has 0 saturated heterocycles. The number of urea groups is 1. The molecular weight excluding hydrogens is 240 g/mol. The van der Waals surface area contributed by atoms with Crippen LogP contribution in [0.25, 0.3) is 0 Å². The van der Waals surface area contributed by atoms with E-state index in [0.717, 1.165) is 11.3 Å². The Bertz CT molecular complexity index is 391. The highest BCUT2D eigenvalue weighted by molar-refractivity contribution is 7.15. The van der Waals surface area contributed by atoms with E-state index in [4.69, 9.17) is 5.73 Å². The number of anilines is 1. The molecule has 17 heavy (non-hydrogen) atoms. The largest absolute Gasteiger partial charge is 0.352 e.